The zero-order chi connectivity index (χ0) is 19.9. The minimum absolute atomic E-state index is 0.170. The minimum Gasteiger partial charge on any atom is -0.345 e. The lowest BCUT2D eigenvalue weighted by Gasteiger charge is -2.10. The van der Waals surface area contributed by atoms with E-state index in [1.807, 2.05) is 31.2 Å². The second-order valence-corrected chi connectivity index (χ2v) is 5.99. The number of carbonyl (C=O) groups excluding carboxylic acids is 2. The first-order valence-electron chi connectivity index (χ1n) is 8.73. The number of nitrogens with one attached hydrogen (secondary N) is 2. The van der Waals surface area contributed by atoms with E-state index < -0.39 is 5.91 Å². The van der Waals surface area contributed by atoms with Crippen molar-refractivity contribution in [2.45, 2.75) is 19.9 Å². The fraction of sp³-hybridized carbons (Fsp3) is 0.211. The fourth-order valence-corrected chi connectivity index (χ4v) is 2.53. The highest BCUT2D eigenvalue weighted by Crippen LogP contribution is 2.15. The molecule has 0 fully saturated rings. The maximum absolute atomic E-state index is 13.0. The molecule has 0 bridgehead atoms. The molecule has 0 spiro atoms. The van der Waals surface area contributed by atoms with E-state index in [1.54, 1.807) is 0 Å². The molecule has 2 N–H and O–H groups in total. The SMILES string of the molecule is CCc1ccccc1NC(=O)CNC(=O)Cn1nnc(-c2ccc(F)cc2)n1. The fourth-order valence-electron chi connectivity index (χ4n) is 2.53. The van der Waals surface area contributed by atoms with Crippen molar-refractivity contribution in [2.24, 2.45) is 0 Å². The molecule has 0 unspecified atom stereocenters. The van der Waals surface area contributed by atoms with Crippen molar-refractivity contribution in [1.29, 1.82) is 0 Å². The zero-order valence-electron chi connectivity index (χ0n) is 15.2. The summed E-state index contributed by atoms with van der Waals surface area (Å²) in [7, 11) is 0. The van der Waals surface area contributed by atoms with E-state index in [-0.39, 0.29) is 30.6 Å². The van der Waals surface area contributed by atoms with Gasteiger partial charge in [0.05, 0.1) is 6.54 Å². The zero-order valence-corrected chi connectivity index (χ0v) is 15.2. The Labute approximate surface area is 160 Å². The summed E-state index contributed by atoms with van der Waals surface area (Å²) < 4.78 is 13.0. The number of tetrazole rings is 1. The molecule has 0 aliphatic rings. The molecule has 9 heteroatoms. The Kier molecular flexibility index (Phi) is 6.05. The predicted octanol–water partition coefficient (Wildman–Crippen LogP) is 1.80. The predicted molar refractivity (Wildman–Crippen MR) is 101 cm³/mol. The average Bonchev–Trinajstić information content (AvgIpc) is 3.16. The molecule has 2 amide bonds. The number of aryl methyl sites for hydroxylation is 1. The van der Waals surface area contributed by atoms with Crippen LogP contribution < -0.4 is 10.6 Å². The number of benzene rings is 2. The first-order chi connectivity index (χ1) is 13.5. The van der Waals surface area contributed by atoms with Gasteiger partial charge in [0.1, 0.15) is 12.4 Å². The number of nitrogens with zero attached hydrogens (tertiary/aromatic N) is 4. The summed E-state index contributed by atoms with van der Waals surface area (Å²) in [6.07, 6.45) is 0.789. The largest absolute Gasteiger partial charge is 0.345 e. The van der Waals surface area contributed by atoms with Gasteiger partial charge in [0.25, 0.3) is 0 Å². The summed E-state index contributed by atoms with van der Waals surface area (Å²) in [6.45, 7) is 1.64. The van der Waals surface area contributed by atoms with Crippen molar-refractivity contribution in [3.63, 3.8) is 0 Å². The summed E-state index contributed by atoms with van der Waals surface area (Å²) >= 11 is 0. The number of anilines is 1. The molecule has 1 heterocycles. The Balaban J connectivity index is 1.50. The van der Waals surface area contributed by atoms with Crippen molar-refractivity contribution < 1.29 is 14.0 Å². The Morgan fingerprint density at radius 1 is 1.07 bits per heavy atom. The summed E-state index contributed by atoms with van der Waals surface area (Å²) in [5, 5.41) is 17.0. The summed E-state index contributed by atoms with van der Waals surface area (Å²) in [4.78, 5) is 25.2. The van der Waals surface area contributed by atoms with E-state index in [0.717, 1.165) is 22.5 Å². The maximum Gasteiger partial charge on any atom is 0.244 e. The van der Waals surface area contributed by atoms with Crippen molar-refractivity contribution >= 4 is 17.5 Å². The maximum atomic E-state index is 13.0. The van der Waals surface area contributed by atoms with Crippen LogP contribution in [0.25, 0.3) is 11.4 Å². The van der Waals surface area contributed by atoms with E-state index >= 15 is 0 Å². The molecule has 8 nitrogen and oxygen atoms in total. The lowest BCUT2D eigenvalue weighted by Crippen LogP contribution is -2.35. The summed E-state index contributed by atoms with van der Waals surface area (Å²) in [5.41, 5.74) is 2.33. The van der Waals surface area contributed by atoms with Crippen LogP contribution in [0.3, 0.4) is 0 Å². The summed E-state index contributed by atoms with van der Waals surface area (Å²) in [5.74, 6) is -0.841. The van der Waals surface area contributed by atoms with Gasteiger partial charge in [0, 0.05) is 11.3 Å². The van der Waals surface area contributed by atoms with Gasteiger partial charge in [-0.25, -0.2) is 4.39 Å². The van der Waals surface area contributed by atoms with Gasteiger partial charge in [-0.3, -0.25) is 9.59 Å². The molecule has 0 aliphatic carbocycles. The normalized spacial score (nSPS) is 10.5. The number of halogens is 1. The highest BCUT2D eigenvalue weighted by Gasteiger charge is 2.11. The minimum atomic E-state index is -0.429. The van der Waals surface area contributed by atoms with Crippen LogP contribution in [0.5, 0.6) is 0 Å². The van der Waals surface area contributed by atoms with Gasteiger partial charge in [-0.1, -0.05) is 25.1 Å². The van der Waals surface area contributed by atoms with Crippen LogP contribution in [-0.4, -0.2) is 38.6 Å². The van der Waals surface area contributed by atoms with Crippen LogP contribution in [0.4, 0.5) is 10.1 Å². The van der Waals surface area contributed by atoms with Gasteiger partial charge in [-0.15, -0.1) is 10.2 Å². The first-order valence-corrected chi connectivity index (χ1v) is 8.73. The lowest BCUT2D eigenvalue weighted by molar-refractivity contribution is -0.124. The number of para-hydroxylation sites is 1. The van der Waals surface area contributed by atoms with E-state index in [9.17, 15) is 14.0 Å². The van der Waals surface area contributed by atoms with Crippen LogP contribution in [0.1, 0.15) is 12.5 Å². The average molecular weight is 382 g/mol. The van der Waals surface area contributed by atoms with E-state index in [4.69, 9.17) is 0 Å². The smallest absolute Gasteiger partial charge is 0.244 e. The molecule has 0 atom stereocenters. The number of aromatic nitrogens is 4. The third-order valence-electron chi connectivity index (χ3n) is 3.96. The van der Waals surface area contributed by atoms with Crippen molar-refractivity contribution in [2.75, 3.05) is 11.9 Å². The van der Waals surface area contributed by atoms with Crippen LogP contribution in [-0.2, 0) is 22.6 Å². The Morgan fingerprint density at radius 2 is 1.82 bits per heavy atom. The van der Waals surface area contributed by atoms with Gasteiger partial charge >= 0.3 is 0 Å². The van der Waals surface area contributed by atoms with Crippen molar-refractivity contribution in [3.8, 4) is 11.4 Å². The molecule has 2 aromatic carbocycles. The molecular formula is C19H19FN6O2. The second kappa shape index (κ2) is 8.85. The lowest BCUT2D eigenvalue weighted by atomic mass is 10.1. The quantitative estimate of drug-likeness (QED) is 0.649. The second-order valence-electron chi connectivity index (χ2n) is 5.99. The van der Waals surface area contributed by atoms with E-state index in [0.29, 0.717) is 5.56 Å². The third kappa shape index (κ3) is 4.97. The van der Waals surface area contributed by atoms with Gasteiger partial charge < -0.3 is 10.6 Å². The Bertz CT molecular complexity index is 971. The van der Waals surface area contributed by atoms with Gasteiger partial charge in [0.2, 0.25) is 17.6 Å². The van der Waals surface area contributed by atoms with Crippen molar-refractivity contribution in [1.82, 2.24) is 25.5 Å². The van der Waals surface area contributed by atoms with Gasteiger partial charge in [-0.2, -0.15) is 4.80 Å². The molecule has 3 aromatic rings. The Hall–Kier alpha value is -3.62. The van der Waals surface area contributed by atoms with Crippen LogP contribution in [0.15, 0.2) is 48.5 Å². The molecule has 0 saturated carbocycles. The Morgan fingerprint density at radius 3 is 2.57 bits per heavy atom. The molecule has 0 aliphatic heterocycles. The monoisotopic (exact) mass is 382 g/mol. The first kappa shape index (κ1) is 19.2. The molecule has 0 saturated heterocycles. The van der Waals surface area contributed by atoms with Crippen molar-refractivity contribution in [3.05, 3.63) is 59.9 Å². The standard InChI is InChI=1S/C19H19FN6O2/c1-2-13-5-3-4-6-16(13)22-17(27)11-21-18(28)12-26-24-19(23-25-26)14-7-9-15(20)10-8-14/h3-10H,2,11-12H2,1H3,(H,21,28)(H,22,27). The highest BCUT2D eigenvalue weighted by molar-refractivity contribution is 5.95. The van der Waals surface area contributed by atoms with Crippen LogP contribution >= 0.6 is 0 Å². The van der Waals surface area contributed by atoms with E-state index in [1.165, 1.54) is 24.3 Å². The topological polar surface area (TPSA) is 102 Å². The number of amides is 2. The van der Waals surface area contributed by atoms with Crippen LogP contribution in [0.2, 0.25) is 0 Å². The number of rotatable bonds is 7. The highest BCUT2D eigenvalue weighted by atomic mass is 19.1. The van der Waals surface area contributed by atoms with Gasteiger partial charge in [-0.05, 0) is 47.5 Å². The number of carbonyl (C=O) groups is 2. The molecule has 28 heavy (non-hydrogen) atoms. The number of hydrogen-bond acceptors (Lipinski definition) is 5. The molecule has 3 rings (SSSR count). The molecular weight excluding hydrogens is 363 g/mol. The van der Waals surface area contributed by atoms with Crippen LogP contribution in [0, 0.1) is 5.82 Å². The molecule has 144 valence electrons. The number of hydrogen-bond donors (Lipinski definition) is 2. The molecule has 0 radical (unpaired) electrons. The van der Waals surface area contributed by atoms with E-state index in [2.05, 4.69) is 26.0 Å². The van der Waals surface area contributed by atoms with Gasteiger partial charge in [0.15, 0.2) is 0 Å². The third-order valence-corrected chi connectivity index (χ3v) is 3.96. The summed E-state index contributed by atoms with van der Waals surface area (Å²) in [6, 6.07) is 13.1. The molecule has 1 aromatic heterocycles.